The van der Waals surface area contributed by atoms with Crippen LogP contribution in [-0.2, 0) is 0 Å². The van der Waals surface area contributed by atoms with Crippen molar-refractivity contribution in [1.29, 1.82) is 0 Å². The maximum atomic E-state index is 12.8. The van der Waals surface area contributed by atoms with Crippen LogP contribution < -0.4 is 0 Å². The number of halogens is 1. The summed E-state index contributed by atoms with van der Waals surface area (Å²) in [5, 5.41) is 0. The lowest BCUT2D eigenvalue weighted by Gasteiger charge is -1.96. The molecule has 4 heteroatoms. The standard InChI is InChI=1S/C14H9FN2O/c15-12-3-1-10(2-4-12)13-9-17-14(18-13)11-5-7-16-8-6-11/h1-9H. The van der Waals surface area contributed by atoms with Crippen LogP contribution in [0.15, 0.2) is 59.4 Å². The van der Waals surface area contributed by atoms with E-state index in [0.717, 1.165) is 11.1 Å². The number of hydrogen-bond donors (Lipinski definition) is 0. The van der Waals surface area contributed by atoms with Crippen molar-refractivity contribution >= 4 is 0 Å². The van der Waals surface area contributed by atoms with Gasteiger partial charge in [0.2, 0.25) is 5.89 Å². The molecule has 0 fully saturated rings. The average Bonchev–Trinajstić information content (AvgIpc) is 2.90. The lowest BCUT2D eigenvalue weighted by atomic mass is 10.2. The maximum Gasteiger partial charge on any atom is 0.226 e. The van der Waals surface area contributed by atoms with Crippen molar-refractivity contribution in [3.8, 4) is 22.8 Å². The van der Waals surface area contributed by atoms with Crippen LogP contribution in [-0.4, -0.2) is 9.97 Å². The summed E-state index contributed by atoms with van der Waals surface area (Å²) in [5.41, 5.74) is 1.66. The van der Waals surface area contributed by atoms with Gasteiger partial charge in [0, 0.05) is 23.5 Å². The maximum absolute atomic E-state index is 12.8. The Kier molecular flexibility index (Phi) is 2.61. The van der Waals surface area contributed by atoms with Gasteiger partial charge in [-0.05, 0) is 36.4 Å². The molecule has 0 saturated heterocycles. The molecule has 1 aromatic carbocycles. The molecule has 3 rings (SSSR count). The summed E-state index contributed by atoms with van der Waals surface area (Å²) >= 11 is 0. The first kappa shape index (κ1) is 10.7. The third-order valence-electron chi connectivity index (χ3n) is 2.56. The molecule has 0 spiro atoms. The van der Waals surface area contributed by atoms with Crippen molar-refractivity contribution in [3.63, 3.8) is 0 Å². The second kappa shape index (κ2) is 4.41. The lowest BCUT2D eigenvalue weighted by molar-refractivity contribution is 0.588. The molecule has 3 aromatic rings. The summed E-state index contributed by atoms with van der Waals surface area (Å²) in [7, 11) is 0. The van der Waals surface area contributed by atoms with E-state index in [9.17, 15) is 4.39 Å². The van der Waals surface area contributed by atoms with Gasteiger partial charge in [0.05, 0.1) is 6.20 Å². The normalized spacial score (nSPS) is 10.5. The number of pyridine rings is 1. The fraction of sp³-hybridized carbons (Fsp3) is 0. The molecule has 0 atom stereocenters. The second-order valence-electron chi connectivity index (χ2n) is 3.77. The van der Waals surface area contributed by atoms with E-state index in [1.165, 1.54) is 12.1 Å². The van der Waals surface area contributed by atoms with E-state index in [2.05, 4.69) is 9.97 Å². The van der Waals surface area contributed by atoms with Crippen molar-refractivity contribution in [1.82, 2.24) is 9.97 Å². The highest BCUT2D eigenvalue weighted by Gasteiger charge is 2.08. The Morgan fingerprint density at radius 2 is 1.61 bits per heavy atom. The zero-order chi connectivity index (χ0) is 12.4. The molecule has 0 bridgehead atoms. The van der Waals surface area contributed by atoms with Crippen LogP contribution in [0.5, 0.6) is 0 Å². The molecule has 0 N–H and O–H groups in total. The number of benzene rings is 1. The Labute approximate surface area is 103 Å². The Hall–Kier alpha value is -2.49. The van der Waals surface area contributed by atoms with E-state index in [1.54, 1.807) is 30.7 Å². The third-order valence-corrected chi connectivity index (χ3v) is 2.56. The number of rotatable bonds is 2. The fourth-order valence-electron chi connectivity index (χ4n) is 1.65. The topological polar surface area (TPSA) is 38.9 Å². The van der Waals surface area contributed by atoms with Crippen molar-refractivity contribution in [2.24, 2.45) is 0 Å². The minimum absolute atomic E-state index is 0.271. The molecule has 0 unspecified atom stereocenters. The Balaban J connectivity index is 1.97. The van der Waals surface area contributed by atoms with Crippen molar-refractivity contribution in [2.45, 2.75) is 0 Å². The van der Waals surface area contributed by atoms with E-state index in [1.807, 2.05) is 12.1 Å². The zero-order valence-electron chi connectivity index (χ0n) is 9.38. The van der Waals surface area contributed by atoms with Gasteiger partial charge in [-0.1, -0.05) is 0 Å². The van der Waals surface area contributed by atoms with Crippen LogP contribution >= 0.6 is 0 Å². The fourth-order valence-corrected chi connectivity index (χ4v) is 1.65. The van der Waals surface area contributed by atoms with Crippen molar-refractivity contribution in [2.75, 3.05) is 0 Å². The Bertz CT molecular complexity index is 647. The van der Waals surface area contributed by atoms with E-state index >= 15 is 0 Å². The van der Waals surface area contributed by atoms with Gasteiger partial charge in [-0.2, -0.15) is 0 Å². The molecular weight excluding hydrogens is 231 g/mol. The van der Waals surface area contributed by atoms with Crippen LogP contribution in [0.2, 0.25) is 0 Å². The summed E-state index contributed by atoms with van der Waals surface area (Å²) in [6.07, 6.45) is 4.98. The minimum Gasteiger partial charge on any atom is -0.436 e. The van der Waals surface area contributed by atoms with Crippen LogP contribution in [0, 0.1) is 5.82 Å². The summed E-state index contributed by atoms with van der Waals surface area (Å²) in [5.74, 6) is 0.867. The van der Waals surface area contributed by atoms with Gasteiger partial charge in [-0.25, -0.2) is 9.37 Å². The second-order valence-corrected chi connectivity index (χ2v) is 3.77. The molecule has 0 amide bonds. The monoisotopic (exact) mass is 240 g/mol. The minimum atomic E-state index is -0.271. The molecule has 0 saturated carbocycles. The summed E-state index contributed by atoms with van der Waals surface area (Å²) in [6.45, 7) is 0. The average molecular weight is 240 g/mol. The molecule has 0 radical (unpaired) electrons. The molecule has 3 nitrogen and oxygen atoms in total. The lowest BCUT2D eigenvalue weighted by Crippen LogP contribution is -1.76. The van der Waals surface area contributed by atoms with E-state index < -0.39 is 0 Å². The van der Waals surface area contributed by atoms with Crippen LogP contribution in [0.25, 0.3) is 22.8 Å². The van der Waals surface area contributed by atoms with E-state index in [-0.39, 0.29) is 5.82 Å². The molecule has 0 aliphatic rings. The Morgan fingerprint density at radius 3 is 2.33 bits per heavy atom. The smallest absolute Gasteiger partial charge is 0.226 e. The summed E-state index contributed by atoms with van der Waals surface area (Å²) in [4.78, 5) is 8.13. The first-order valence-corrected chi connectivity index (χ1v) is 5.45. The molecule has 18 heavy (non-hydrogen) atoms. The van der Waals surface area contributed by atoms with Gasteiger partial charge in [0.25, 0.3) is 0 Å². The highest BCUT2D eigenvalue weighted by atomic mass is 19.1. The molecule has 0 aliphatic heterocycles. The molecule has 88 valence electrons. The first-order valence-electron chi connectivity index (χ1n) is 5.45. The van der Waals surface area contributed by atoms with Gasteiger partial charge < -0.3 is 4.42 Å². The molecule has 0 aliphatic carbocycles. The zero-order valence-corrected chi connectivity index (χ0v) is 9.38. The predicted octanol–water partition coefficient (Wildman–Crippen LogP) is 3.54. The highest BCUT2D eigenvalue weighted by Crippen LogP contribution is 2.25. The summed E-state index contributed by atoms with van der Waals surface area (Å²) < 4.78 is 18.5. The van der Waals surface area contributed by atoms with E-state index in [4.69, 9.17) is 4.42 Å². The third kappa shape index (κ3) is 2.00. The molecular formula is C14H9FN2O. The number of aromatic nitrogens is 2. The highest BCUT2D eigenvalue weighted by molar-refractivity contribution is 5.60. The van der Waals surface area contributed by atoms with Crippen molar-refractivity contribution in [3.05, 3.63) is 60.8 Å². The number of oxazole rings is 1. The Morgan fingerprint density at radius 1 is 0.889 bits per heavy atom. The van der Waals surface area contributed by atoms with E-state index in [0.29, 0.717) is 11.7 Å². The van der Waals surface area contributed by atoms with Crippen LogP contribution in [0.4, 0.5) is 4.39 Å². The van der Waals surface area contributed by atoms with Gasteiger partial charge in [-0.15, -0.1) is 0 Å². The predicted molar refractivity (Wildman–Crippen MR) is 65.1 cm³/mol. The SMILES string of the molecule is Fc1ccc(-c2cnc(-c3ccncc3)o2)cc1. The van der Waals surface area contributed by atoms with Crippen LogP contribution in [0.1, 0.15) is 0 Å². The van der Waals surface area contributed by atoms with Gasteiger partial charge in [-0.3, -0.25) is 4.98 Å². The van der Waals surface area contributed by atoms with Crippen molar-refractivity contribution < 1.29 is 8.81 Å². The first-order chi connectivity index (χ1) is 8.83. The van der Waals surface area contributed by atoms with Crippen LogP contribution in [0.3, 0.4) is 0 Å². The number of nitrogens with zero attached hydrogens (tertiary/aromatic N) is 2. The van der Waals surface area contributed by atoms with Gasteiger partial charge >= 0.3 is 0 Å². The summed E-state index contributed by atoms with van der Waals surface area (Å²) in [6, 6.07) is 9.74. The largest absolute Gasteiger partial charge is 0.436 e. The molecule has 2 aromatic heterocycles. The quantitative estimate of drug-likeness (QED) is 0.687. The molecule has 2 heterocycles. The number of hydrogen-bond acceptors (Lipinski definition) is 3. The van der Waals surface area contributed by atoms with Gasteiger partial charge in [0.15, 0.2) is 5.76 Å². The van der Waals surface area contributed by atoms with Gasteiger partial charge in [0.1, 0.15) is 5.82 Å².